The van der Waals surface area contributed by atoms with Gasteiger partial charge in [0.2, 0.25) is 5.91 Å². The van der Waals surface area contributed by atoms with Gasteiger partial charge >= 0.3 is 6.03 Å². The summed E-state index contributed by atoms with van der Waals surface area (Å²) in [6.45, 7) is 0.130. The number of fused-ring (bicyclic) bond motifs is 1. The predicted molar refractivity (Wildman–Crippen MR) is 137 cm³/mol. The number of rotatable bonds is 4. The average Bonchev–Trinajstić information content (AvgIpc) is 2.90. The molecule has 0 aromatic heterocycles. The average molecular weight is 500 g/mol. The number of para-hydroxylation sites is 2. The van der Waals surface area contributed by atoms with Crippen molar-refractivity contribution < 1.29 is 23.8 Å². The highest BCUT2D eigenvalue weighted by Gasteiger charge is 2.54. The number of hydrogen-bond acceptors (Lipinski definition) is 4. The zero-order chi connectivity index (χ0) is 25.9. The molecule has 0 radical (unpaired) electrons. The molecule has 2 aliphatic rings. The third kappa shape index (κ3) is 4.86. The Balaban J connectivity index is 1.31. The molecule has 188 valence electrons. The molecule has 2 aliphatic heterocycles. The van der Waals surface area contributed by atoms with Crippen LogP contribution in [0.25, 0.3) is 0 Å². The van der Waals surface area contributed by atoms with E-state index in [4.69, 9.17) is 4.74 Å². The van der Waals surface area contributed by atoms with Crippen molar-refractivity contribution in [3.63, 3.8) is 0 Å². The molecule has 2 N–H and O–H groups in total. The first kappa shape index (κ1) is 24.3. The quantitative estimate of drug-likeness (QED) is 0.539. The lowest BCUT2D eigenvalue weighted by Gasteiger charge is -2.58. The fourth-order valence-corrected chi connectivity index (χ4v) is 5.06. The summed E-state index contributed by atoms with van der Waals surface area (Å²) < 4.78 is 18.4. The van der Waals surface area contributed by atoms with Gasteiger partial charge in [-0.15, -0.1) is 0 Å². The highest BCUT2D eigenvalue weighted by molar-refractivity contribution is 5.94. The molecule has 5 rings (SSSR count). The summed E-state index contributed by atoms with van der Waals surface area (Å²) >= 11 is 0. The van der Waals surface area contributed by atoms with Gasteiger partial charge in [0.25, 0.3) is 0 Å². The molecule has 2 heterocycles. The monoisotopic (exact) mass is 499 g/mol. The van der Waals surface area contributed by atoms with Crippen molar-refractivity contribution >= 4 is 17.6 Å². The number of carbonyl (C=O) groups excluding carboxylic acids is 2. The Labute approximate surface area is 214 Å². The molecular weight excluding hydrogens is 473 g/mol. The Bertz CT molecular complexity index is 1360. The maximum absolute atomic E-state index is 13.1. The molecule has 0 saturated carbocycles. The lowest BCUT2D eigenvalue weighted by molar-refractivity contribution is -0.159. The van der Waals surface area contributed by atoms with Crippen molar-refractivity contribution in [2.45, 2.75) is 18.0 Å². The Hall–Kier alpha value is -4.35. The van der Waals surface area contributed by atoms with Gasteiger partial charge in [-0.1, -0.05) is 36.1 Å². The summed E-state index contributed by atoms with van der Waals surface area (Å²) in [5, 5.41) is 12.9. The maximum atomic E-state index is 13.1. The first-order valence-corrected chi connectivity index (χ1v) is 12.0. The van der Waals surface area contributed by atoms with Gasteiger partial charge in [-0.05, 0) is 54.1 Å². The molecule has 3 amide bonds. The second kappa shape index (κ2) is 10.3. The molecule has 3 atom stereocenters. The normalized spacial score (nSPS) is 20.3. The van der Waals surface area contributed by atoms with E-state index in [1.54, 1.807) is 35.2 Å². The molecule has 0 spiro atoms. The number of hydrogen-bond donors (Lipinski definition) is 2. The number of aliphatic hydroxyl groups excluding tert-OH is 1. The van der Waals surface area contributed by atoms with Gasteiger partial charge in [-0.3, -0.25) is 4.79 Å². The minimum Gasteiger partial charge on any atom is -0.495 e. The summed E-state index contributed by atoms with van der Waals surface area (Å²) in [6.07, 6.45) is 0. The largest absolute Gasteiger partial charge is 0.495 e. The topological polar surface area (TPSA) is 82.1 Å². The molecule has 2 saturated heterocycles. The van der Waals surface area contributed by atoms with Crippen molar-refractivity contribution in [1.82, 2.24) is 9.80 Å². The fourth-order valence-electron chi connectivity index (χ4n) is 5.06. The number of anilines is 1. The fraction of sp³-hybridized carbons (Fsp3) is 0.241. The van der Waals surface area contributed by atoms with Gasteiger partial charge in [0.05, 0.1) is 31.5 Å². The van der Waals surface area contributed by atoms with Crippen LogP contribution in [0.5, 0.6) is 5.75 Å². The van der Waals surface area contributed by atoms with Crippen LogP contribution in [0.2, 0.25) is 0 Å². The van der Waals surface area contributed by atoms with Gasteiger partial charge in [0.15, 0.2) is 0 Å². The van der Waals surface area contributed by atoms with E-state index in [2.05, 4.69) is 17.2 Å². The Kier molecular flexibility index (Phi) is 6.80. The SMILES string of the molecule is COc1ccccc1NC(=O)N1CC(=O)N2[C@H](CO)[C@@H](c3ccc(C#Cc4ccc(F)cc4)cc3)[C@H]2C1. The van der Waals surface area contributed by atoms with Crippen LogP contribution >= 0.6 is 0 Å². The minimum atomic E-state index is -0.380. The van der Waals surface area contributed by atoms with Gasteiger partial charge in [-0.25, -0.2) is 9.18 Å². The van der Waals surface area contributed by atoms with Crippen LogP contribution in [-0.4, -0.2) is 65.7 Å². The summed E-state index contributed by atoms with van der Waals surface area (Å²) in [5.74, 6) is 6.00. The zero-order valence-corrected chi connectivity index (χ0v) is 20.2. The van der Waals surface area contributed by atoms with Crippen molar-refractivity contribution in [2.75, 3.05) is 32.1 Å². The molecule has 37 heavy (non-hydrogen) atoms. The number of halogens is 1. The van der Waals surface area contributed by atoms with Gasteiger partial charge < -0.3 is 25.0 Å². The minimum absolute atomic E-state index is 0.0569. The molecule has 3 aromatic carbocycles. The molecular formula is C29H26FN3O4. The van der Waals surface area contributed by atoms with Crippen LogP contribution in [0.4, 0.5) is 14.9 Å². The van der Waals surface area contributed by atoms with E-state index >= 15 is 0 Å². The molecule has 7 nitrogen and oxygen atoms in total. The van der Waals surface area contributed by atoms with E-state index in [0.717, 1.165) is 11.1 Å². The Morgan fingerprint density at radius 3 is 2.35 bits per heavy atom. The van der Waals surface area contributed by atoms with Crippen LogP contribution < -0.4 is 10.1 Å². The maximum Gasteiger partial charge on any atom is 0.322 e. The highest BCUT2D eigenvalue weighted by atomic mass is 19.1. The second-order valence-electron chi connectivity index (χ2n) is 9.03. The van der Waals surface area contributed by atoms with Crippen molar-refractivity contribution in [2.24, 2.45) is 0 Å². The van der Waals surface area contributed by atoms with E-state index in [9.17, 15) is 19.1 Å². The summed E-state index contributed by atoms with van der Waals surface area (Å²) in [7, 11) is 1.53. The van der Waals surface area contributed by atoms with E-state index in [-0.39, 0.29) is 48.9 Å². The molecule has 8 heteroatoms. The summed E-state index contributed by atoms with van der Waals surface area (Å²) in [4.78, 5) is 29.1. The van der Waals surface area contributed by atoms with E-state index < -0.39 is 0 Å². The first-order chi connectivity index (χ1) is 18.0. The van der Waals surface area contributed by atoms with Crippen LogP contribution in [0.1, 0.15) is 22.6 Å². The highest BCUT2D eigenvalue weighted by Crippen LogP contribution is 2.43. The lowest BCUT2D eigenvalue weighted by Crippen LogP contribution is -2.73. The molecule has 0 bridgehead atoms. The van der Waals surface area contributed by atoms with Crippen LogP contribution in [-0.2, 0) is 4.79 Å². The summed E-state index contributed by atoms with van der Waals surface area (Å²) in [5.41, 5.74) is 3.00. The Morgan fingerprint density at radius 1 is 1.05 bits per heavy atom. The zero-order valence-electron chi connectivity index (χ0n) is 20.2. The van der Waals surface area contributed by atoms with Crippen LogP contribution in [0.15, 0.2) is 72.8 Å². The number of ether oxygens (including phenoxy) is 1. The Morgan fingerprint density at radius 2 is 1.70 bits per heavy atom. The summed E-state index contributed by atoms with van der Waals surface area (Å²) in [6, 6.07) is 19.8. The molecule has 0 aliphatic carbocycles. The van der Waals surface area contributed by atoms with Gasteiger partial charge in [0.1, 0.15) is 18.1 Å². The van der Waals surface area contributed by atoms with E-state index in [1.165, 1.54) is 24.1 Å². The van der Waals surface area contributed by atoms with Crippen molar-refractivity contribution in [3.8, 4) is 17.6 Å². The van der Waals surface area contributed by atoms with Gasteiger partial charge in [-0.2, -0.15) is 0 Å². The number of methoxy groups -OCH3 is 1. The number of amides is 3. The predicted octanol–water partition coefficient (Wildman–Crippen LogP) is 3.44. The number of carbonyl (C=O) groups is 2. The number of aliphatic hydroxyl groups is 1. The third-order valence-electron chi connectivity index (χ3n) is 6.88. The number of piperazine rings is 1. The smallest absolute Gasteiger partial charge is 0.322 e. The third-order valence-corrected chi connectivity index (χ3v) is 6.88. The number of nitrogens with zero attached hydrogens (tertiary/aromatic N) is 2. The second-order valence-corrected chi connectivity index (χ2v) is 9.03. The van der Waals surface area contributed by atoms with Crippen LogP contribution in [0.3, 0.4) is 0 Å². The standard InChI is InChI=1S/C29H26FN3O4/c1-37-26-5-3-2-4-23(26)31-29(36)32-16-24-28(25(18-34)33(24)27(35)17-32)21-12-8-19(9-13-21)6-7-20-10-14-22(30)15-11-20/h2-5,8-15,24-25,28,34H,16-18H2,1H3,(H,31,36)/t24-,25-,28+/m1/s1. The van der Waals surface area contributed by atoms with Gasteiger partial charge in [0, 0.05) is 23.6 Å². The lowest BCUT2D eigenvalue weighted by atomic mass is 9.73. The van der Waals surface area contributed by atoms with Crippen molar-refractivity contribution in [3.05, 3.63) is 95.3 Å². The van der Waals surface area contributed by atoms with Crippen LogP contribution in [0, 0.1) is 17.7 Å². The molecule has 0 unspecified atom stereocenters. The van der Waals surface area contributed by atoms with E-state index in [1.807, 2.05) is 30.3 Å². The number of nitrogens with one attached hydrogen (secondary N) is 1. The number of urea groups is 1. The number of benzene rings is 3. The van der Waals surface area contributed by atoms with Crippen molar-refractivity contribution in [1.29, 1.82) is 0 Å². The first-order valence-electron chi connectivity index (χ1n) is 12.0. The molecule has 2 fully saturated rings. The van der Waals surface area contributed by atoms with E-state index in [0.29, 0.717) is 23.5 Å². The molecule has 3 aromatic rings.